The molecule has 3 heterocycles. The van der Waals surface area contributed by atoms with Gasteiger partial charge in [-0.05, 0) is 44.2 Å². The number of nitrogens with zero attached hydrogens (tertiary/aromatic N) is 4. The third-order valence-corrected chi connectivity index (χ3v) is 5.42. The lowest BCUT2D eigenvalue weighted by Crippen LogP contribution is -2.47. The number of nitrogens with one attached hydrogen (secondary N) is 1. The van der Waals surface area contributed by atoms with Crippen LogP contribution in [0.15, 0.2) is 48.8 Å². The van der Waals surface area contributed by atoms with Gasteiger partial charge in [0.2, 0.25) is 0 Å². The number of imidazole rings is 1. The van der Waals surface area contributed by atoms with Crippen LogP contribution in [0, 0.1) is 18.6 Å². The molecule has 1 atom stereocenters. The highest BCUT2D eigenvalue weighted by Crippen LogP contribution is 2.25. The van der Waals surface area contributed by atoms with Gasteiger partial charge in [-0.25, -0.2) is 13.8 Å². The molecule has 0 aliphatic rings. The number of pyridine rings is 1. The summed E-state index contributed by atoms with van der Waals surface area (Å²) in [5.41, 5.74) is 0.161. The van der Waals surface area contributed by atoms with Gasteiger partial charge in [-0.15, -0.1) is 0 Å². The summed E-state index contributed by atoms with van der Waals surface area (Å²) in [6.07, 6.45) is 3.36. The lowest BCUT2D eigenvalue weighted by Gasteiger charge is -2.26. The molecule has 4 rings (SSSR count). The number of carbonyl (C=O) groups is 1. The number of benzene rings is 1. The Morgan fingerprint density at radius 2 is 1.91 bits per heavy atom. The molecule has 172 valence electrons. The Balaban J connectivity index is 1.64. The molecule has 0 fully saturated rings. The van der Waals surface area contributed by atoms with Crippen molar-refractivity contribution < 1.29 is 23.4 Å². The molecule has 3 aromatic heterocycles. The standard InChI is InChI=1S/C23H23F2N5O3/c1-14-20(22(32)27-23(2,13-31)19-9-11-29(3)28-19)30-10-5-8-18(21(30)26-14)33-12-15-16(24)6-4-7-17(15)25/h4-11,31H,12-13H2,1-3H3,(H,27,32). The third kappa shape index (κ3) is 4.17. The number of rotatable bonds is 7. The highest BCUT2D eigenvalue weighted by Gasteiger charge is 2.32. The number of halogens is 2. The van der Waals surface area contributed by atoms with E-state index in [0.29, 0.717) is 17.0 Å². The summed E-state index contributed by atoms with van der Waals surface area (Å²) in [6, 6.07) is 8.55. The van der Waals surface area contributed by atoms with Gasteiger partial charge in [0, 0.05) is 19.4 Å². The largest absolute Gasteiger partial charge is 0.485 e. The second kappa shape index (κ2) is 8.62. The summed E-state index contributed by atoms with van der Waals surface area (Å²) in [7, 11) is 1.74. The van der Waals surface area contributed by atoms with Gasteiger partial charge in [0.25, 0.3) is 5.91 Å². The van der Waals surface area contributed by atoms with Crippen LogP contribution in [0.2, 0.25) is 0 Å². The molecule has 0 spiro atoms. The van der Waals surface area contributed by atoms with Crippen LogP contribution < -0.4 is 10.1 Å². The second-order valence-corrected chi connectivity index (χ2v) is 7.92. The Morgan fingerprint density at radius 1 is 1.18 bits per heavy atom. The second-order valence-electron chi connectivity index (χ2n) is 7.92. The zero-order chi connectivity index (χ0) is 23.8. The van der Waals surface area contributed by atoms with Crippen molar-refractivity contribution in [1.29, 1.82) is 0 Å². The van der Waals surface area contributed by atoms with Gasteiger partial charge in [-0.1, -0.05) is 6.07 Å². The van der Waals surface area contributed by atoms with Crippen LogP contribution in [0.5, 0.6) is 5.75 Å². The molecule has 1 amide bonds. The van der Waals surface area contributed by atoms with Gasteiger partial charge >= 0.3 is 0 Å². The number of fused-ring (bicyclic) bond motifs is 1. The molecule has 8 nitrogen and oxygen atoms in total. The first kappa shape index (κ1) is 22.4. The van der Waals surface area contributed by atoms with Crippen molar-refractivity contribution in [3.05, 3.63) is 83.1 Å². The summed E-state index contributed by atoms with van der Waals surface area (Å²) in [4.78, 5) is 17.6. The first-order valence-corrected chi connectivity index (χ1v) is 10.2. The first-order chi connectivity index (χ1) is 15.7. The zero-order valence-electron chi connectivity index (χ0n) is 18.3. The summed E-state index contributed by atoms with van der Waals surface area (Å²) in [5.74, 6) is -1.63. The Hall–Kier alpha value is -3.79. The van der Waals surface area contributed by atoms with Crippen molar-refractivity contribution in [3.63, 3.8) is 0 Å². The molecule has 1 unspecified atom stereocenters. The highest BCUT2D eigenvalue weighted by molar-refractivity contribution is 5.95. The molecule has 0 saturated carbocycles. The van der Waals surface area contributed by atoms with Gasteiger partial charge in [0.1, 0.15) is 29.5 Å². The normalized spacial score (nSPS) is 13.2. The van der Waals surface area contributed by atoms with Crippen molar-refractivity contribution in [2.45, 2.75) is 26.0 Å². The van der Waals surface area contributed by atoms with Crippen molar-refractivity contribution in [1.82, 2.24) is 24.5 Å². The predicted octanol–water partition coefficient (Wildman–Crippen LogP) is 2.87. The number of hydrogen-bond donors (Lipinski definition) is 2. The minimum atomic E-state index is -1.12. The van der Waals surface area contributed by atoms with E-state index >= 15 is 0 Å². The minimum Gasteiger partial charge on any atom is -0.485 e. The molecular formula is C23H23F2N5O3. The Labute approximate surface area is 188 Å². The van der Waals surface area contributed by atoms with E-state index in [1.807, 2.05) is 0 Å². The van der Waals surface area contributed by atoms with Crippen LogP contribution >= 0.6 is 0 Å². The topological polar surface area (TPSA) is 93.7 Å². The Kier molecular flexibility index (Phi) is 5.86. The van der Waals surface area contributed by atoms with Crippen LogP contribution in [0.1, 0.15) is 34.4 Å². The number of carbonyl (C=O) groups excluding carboxylic acids is 1. The molecule has 1 aromatic carbocycles. The quantitative estimate of drug-likeness (QED) is 0.447. The number of aromatic nitrogens is 4. The van der Waals surface area contributed by atoms with Crippen molar-refractivity contribution >= 4 is 11.6 Å². The van der Waals surface area contributed by atoms with E-state index in [9.17, 15) is 18.7 Å². The van der Waals surface area contributed by atoms with Crippen molar-refractivity contribution in [2.24, 2.45) is 7.05 Å². The minimum absolute atomic E-state index is 0.199. The average Bonchev–Trinajstić information content (AvgIpc) is 3.36. The fraction of sp³-hybridized carbons (Fsp3) is 0.261. The summed E-state index contributed by atoms with van der Waals surface area (Å²) in [6.45, 7) is 2.63. The molecule has 0 saturated heterocycles. The smallest absolute Gasteiger partial charge is 0.271 e. The molecule has 0 bridgehead atoms. The van der Waals surface area contributed by atoms with Crippen molar-refractivity contribution in [3.8, 4) is 5.75 Å². The summed E-state index contributed by atoms with van der Waals surface area (Å²) < 4.78 is 36.7. The van der Waals surface area contributed by atoms with Crippen LogP contribution in [0.3, 0.4) is 0 Å². The maximum absolute atomic E-state index is 14.0. The van der Waals surface area contributed by atoms with E-state index in [0.717, 1.165) is 12.1 Å². The zero-order valence-corrected chi connectivity index (χ0v) is 18.3. The van der Waals surface area contributed by atoms with Crippen molar-refractivity contribution in [2.75, 3.05) is 6.61 Å². The fourth-order valence-corrected chi connectivity index (χ4v) is 3.57. The van der Waals surface area contributed by atoms with Gasteiger partial charge in [0.05, 0.1) is 23.6 Å². The van der Waals surface area contributed by atoms with E-state index < -0.39 is 23.1 Å². The molecule has 4 aromatic rings. The van der Waals surface area contributed by atoms with Crippen LogP contribution in [-0.4, -0.2) is 36.8 Å². The SMILES string of the molecule is Cc1nc2c(OCc3c(F)cccc3F)cccn2c1C(=O)NC(C)(CO)c1ccn(C)n1. The fourth-order valence-electron chi connectivity index (χ4n) is 3.57. The van der Waals surface area contributed by atoms with E-state index in [1.165, 1.54) is 10.5 Å². The Morgan fingerprint density at radius 3 is 2.55 bits per heavy atom. The molecular weight excluding hydrogens is 432 g/mol. The van der Waals surface area contributed by atoms with Crippen LogP contribution in [0.25, 0.3) is 5.65 Å². The van der Waals surface area contributed by atoms with Crippen LogP contribution in [-0.2, 0) is 19.2 Å². The summed E-state index contributed by atoms with van der Waals surface area (Å²) >= 11 is 0. The van der Waals surface area contributed by atoms with E-state index in [-0.39, 0.29) is 30.2 Å². The third-order valence-electron chi connectivity index (χ3n) is 5.42. The molecule has 0 aliphatic carbocycles. The molecule has 0 aliphatic heterocycles. The molecule has 33 heavy (non-hydrogen) atoms. The number of aliphatic hydroxyl groups is 1. The van der Waals surface area contributed by atoms with Gasteiger partial charge in [0.15, 0.2) is 11.4 Å². The van der Waals surface area contributed by atoms with E-state index in [2.05, 4.69) is 15.4 Å². The Bertz CT molecular complexity index is 1310. The first-order valence-electron chi connectivity index (χ1n) is 10.2. The maximum Gasteiger partial charge on any atom is 0.271 e. The van der Waals surface area contributed by atoms with Gasteiger partial charge in [-0.3, -0.25) is 13.9 Å². The molecule has 10 heteroatoms. The number of amides is 1. The molecule has 2 N–H and O–H groups in total. The summed E-state index contributed by atoms with van der Waals surface area (Å²) in [5, 5.41) is 17.1. The lowest BCUT2D eigenvalue weighted by atomic mass is 9.99. The highest BCUT2D eigenvalue weighted by atomic mass is 19.1. The van der Waals surface area contributed by atoms with Gasteiger partial charge in [-0.2, -0.15) is 5.10 Å². The van der Waals surface area contributed by atoms with E-state index in [4.69, 9.17) is 4.74 Å². The predicted molar refractivity (Wildman–Crippen MR) is 116 cm³/mol. The number of aryl methyl sites for hydroxylation is 2. The number of ether oxygens (including phenoxy) is 1. The number of hydrogen-bond acceptors (Lipinski definition) is 5. The van der Waals surface area contributed by atoms with E-state index in [1.54, 1.807) is 56.2 Å². The maximum atomic E-state index is 14.0. The molecule has 0 radical (unpaired) electrons. The van der Waals surface area contributed by atoms with Crippen LogP contribution in [0.4, 0.5) is 8.78 Å². The number of aliphatic hydroxyl groups excluding tert-OH is 1. The van der Waals surface area contributed by atoms with Gasteiger partial charge < -0.3 is 15.2 Å². The average molecular weight is 455 g/mol. The monoisotopic (exact) mass is 455 g/mol. The lowest BCUT2D eigenvalue weighted by molar-refractivity contribution is 0.0837.